The molecule has 2 rings (SSSR count). The second-order valence-corrected chi connectivity index (χ2v) is 4.94. The lowest BCUT2D eigenvalue weighted by Crippen LogP contribution is -2.37. The summed E-state index contributed by atoms with van der Waals surface area (Å²) in [6, 6.07) is 5.79. The monoisotopic (exact) mass is 278 g/mol. The van der Waals surface area contributed by atoms with Crippen molar-refractivity contribution in [1.29, 1.82) is 0 Å². The minimum Gasteiger partial charge on any atom is -0.495 e. The van der Waals surface area contributed by atoms with Crippen LogP contribution in [-0.4, -0.2) is 32.8 Å². The van der Waals surface area contributed by atoms with E-state index in [2.05, 4.69) is 4.90 Å². The highest BCUT2D eigenvalue weighted by Crippen LogP contribution is 2.30. The molecule has 0 atom stereocenters. The van der Waals surface area contributed by atoms with Crippen LogP contribution in [0.5, 0.6) is 5.75 Å². The molecule has 0 amide bonds. The Morgan fingerprint density at radius 2 is 2.10 bits per heavy atom. The summed E-state index contributed by atoms with van der Waals surface area (Å²) >= 11 is 0. The van der Waals surface area contributed by atoms with Crippen LogP contribution in [0.2, 0.25) is 0 Å². The molecule has 0 radical (unpaired) electrons. The maximum atomic E-state index is 11.7. The second-order valence-electron chi connectivity index (χ2n) is 4.94. The van der Waals surface area contributed by atoms with Crippen LogP contribution in [0.3, 0.4) is 0 Å². The molecule has 0 saturated carbocycles. The molecule has 0 bridgehead atoms. The molecule has 1 aromatic rings. The van der Waals surface area contributed by atoms with Gasteiger partial charge in [0.1, 0.15) is 5.75 Å². The number of anilines is 2. The number of benzene rings is 1. The normalized spacial score (nSPS) is 16.0. The lowest BCUT2D eigenvalue weighted by atomic mass is 9.96. The number of hydrogen-bond acceptors (Lipinski definition) is 5. The molecule has 0 aromatic heterocycles. The number of nitrogens with two attached hydrogens (primary N) is 1. The maximum Gasteiger partial charge on any atom is 0.309 e. The molecule has 1 fully saturated rings. The van der Waals surface area contributed by atoms with E-state index in [4.69, 9.17) is 15.2 Å². The van der Waals surface area contributed by atoms with Gasteiger partial charge in [0.25, 0.3) is 0 Å². The van der Waals surface area contributed by atoms with Crippen molar-refractivity contribution in [3.63, 3.8) is 0 Å². The Balaban J connectivity index is 1.98. The van der Waals surface area contributed by atoms with Gasteiger partial charge in [0.2, 0.25) is 0 Å². The van der Waals surface area contributed by atoms with E-state index in [9.17, 15) is 4.79 Å². The third-order valence-electron chi connectivity index (χ3n) is 3.70. The number of carbonyl (C=O) groups excluding carboxylic acids is 1. The molecular weight excluding hydrogens is 256 g/mol. The topological polar surface area (TPSA) is 64.8 Å². The molecule has 1 aliphatic rings. The molecule has 1 saturated heterocycles. The number of nitrogens with zero attached hydrogens (tertiary/aromatic N) is 1. The minimum absolute atomic E-state index is 0.0295. The van der Waals surface area contributed by atoms with Crippen LogP contribution in [0, 0.1) is 5.92 Å². The predicted octanol–water partition coefficient (Wildman–Crippen LogP) is 2.06. The molecule has 110 valence electrons. The fraction of sp³-hybridized carbons (Fsp3) is 0.533. The van der Waals surface area contributed by atoms with Crippen molar-refractivity contribution in [2.45, 2.75) is 19.8 Å². The first kappa shape index (κ1) is 14.5. The average Bonchev–Trinajstić information content (AvgIpc) is 2.48. The van der Waals surface area contributed by atoms with Gasteiger partial charge in [-0.2, -0.15) is 0 Å². The Kier molecular flexibility index (Phi) is 4.71. The van der Waals surface area contributed by atoms with Crippen molar-refractivity contribution in [2.24, 2.45) is 5.92 Å². The number of carbonyl (C=O) groups is 1. The van der Waals surface area contributed by atoms with Gasteiger partial charge in [-0.25, -0.2) is 0 Å². The molecular formula is C15H22N2O3. The first-order chi connectivity index (χ1) is 9.65. The summed E-state index contributed by atoms with van der Waals surface area (Å²) in [5, 5.41) is 0. The largest absolute Gasteiger partial charge is 0.495 e. The Morgan fingerprint density at radius 3 is 2.70 bits per heavy atom. The maximum absolute atomic E-state index is 11.7. The Labute approximate surface area is 119 Å². The molecule has 1 heterocycles. The van der Waals surface area contributed by atoms with E-state index in [0.717, 1.165) is 31.6 Å². The Morgan fingerprint density at radius 1 is 1.40 bits per heavy atom. The van der Waals surface area contributed by atoms with Gasteiger partial charge in [-0.05, 0) is 31.9 Å². The lowest BCUT2D eigenvalue weighted by Gasteiger charge is -2.32. The number of piperidine rings is 1. The number of rotatable bonds is 4. The zero-order chi connectivity index (χ0) is 14.5. The van der Waals surface area contributed by atoms with Crippen LogP contribution in [-0.2, 0) is 9.53 Å². The van der Waals surface area contributed by atoms with Crippen molar-refractivity contribution in [3.8, 4) is 5.75 Å². The van der Waals surface area contributed by atoms with Gasteiger partial charge >= 0.3 is 5.97 Å². The van der Waals surface area contributed by atoms with Gasteiger partial charge in [-0.3, -0.25) is 4.79 Å². The smallest absolute Gasteiger partial charge is 0.309 e. The predicted molar refractivity (Wildman–Crippen MR) is 79.0 cm³/mol. The number of methoxy groups -OCH3 is 1. The molecule has 0 aliphatic carbocycles. The molecule has 5 heteroatoms. The van der Waals surface area contributed by atoms with Crippen LogP contribution >= 0.6 is 0 Å². The fourth-order valence-corrected chi connectivity index (χ4v) is 2.53. The van der Waals surface area contributed by atoms with E-state index in [1.54, 1.807) is 7.11 Å². The summed E-state index contributed by atoms with van der Waals surface area (Å²) in [4.78, 5) is 14.0. The van der Waals surface area contributed by atoms with Crippen LogP contribution < -0.4 is 15.4 Å². The highest BCUT2D eigenvalue weighted by atomic mass is 16.5. The van der Waals surface area contributed by atoms with Crippen molar-refractivity contribution >= 4 is 17.3 Å². The van der Waals surface area contributed by atoms with E-state index >= 15 is 0 Å². The molecule has 0 unspecified atom stereocenters. The van der Waals surface area contributed by atoms with Crippen molar-refractivity contribution < 1.29 is 14.3 Å². The summed E-state index contributed by atoms with van der Waals surface area (Å²) < 4.78 is 10.3. The van der Waals surface area contributed by atoms with Crippen molar-refractivity contribution in [3.05, 3.63) is 18.2 Å². The molecule has 0 spiro atoms. The molecule has 20 heavy (non-hydrogen) atoms. The van der Waals surface area contributed by atoms with Gasteiger partial charge in [-0.15, -0.1) is 0 Å². The van der Waals surface area contributed by atoms with Crippen LogP contribution in [0.4, 0.5) is 11.4 Å². The number of nitrogen functional groups attached to an aromatic ring is 1. The number of ether oxygens (including phenoxy) is 2. The van der Waals surface area contributed by atoms with Crippen LogP contribution in [0.1, 0.15) is 19.8 Å². The molecule has 1 aliphatic heterocycles. The first-order valence-electron chi connectivity index (χ1n) is 7.00. The van der Waals surface area contributed by atoms with Gasteiger partial charge in [0, 0.05) is 24.8 Å². The SMILES string of the molecule is CCOC(=O)C1CCN(c2ccc(N)c(OC)c2)CC1. The third kappa shape index (κ3) is 3.15. The quantitative estimate of drug-likeness (QED) is 0.674. The lowest BCUT2D eigenvalue weighted by molar-refractivity contribution is -0.148. The third-order valence-corrected chi connectivity index (χ3v) is 3.70. The van der Waals surface area contributed by atoms with Crippen molar-refractivity contribution in [1.82, 2.24) is 0 Å². The Bertz CT molecular complexity index is 468. The summed E-state index contributed by atoms with van der Waals surface area (Å²) in [6.45, 7) is 3.98. The van der Waals surface area contributed by atoms with E-state index in [-0.39, 0.29) is 11.9 Å². The molecule has 2 N–H and O–H groups in total. The highest BCUT2D eigenvalue weighted by Gasteiger charge is 2.26. The second kappa shape index (κ2) is 6.50. The summed E-state index contributed by atoms with van der Waals surface area (Å²) in [5.74, 6) is 0.652. The molecule has 5 nitrogen and oxygen atoms in total. The van der Waals surface area contributed by atoms with Gasteiger partial charge < -0.3 is 20.1 Å². The standard InChI is InChI=1S/C15H22N2O3/c1-3-20-15(18)11-6-8-17(9-7-11)12-4-5-13(16)14(10-12)19-2/h4-5,10-11H,3,6-9,16H2,1-2H3. The minimum atomic E-state index is -0.0676. The fourth-order valence-electron chi connectivity index (χ4n) is 2.53. The first-order valence-corrected chi connectivity index (χ1v) is 7.00. The summed E-state index contributed by atoms with van der Waals surface area (Å²) in [6.07, 6.45) is 1.65. The zero-order valence-corrected chi connectivity index (χ0v) is 12.1. The van der Waals surface area contributed by atoms with Gasteiger partial charge in [0.05, 0.1) is 25.3 Å². The van der Waals surface area contributed by atoms with Crippen LogP contribution in [0.15, 0.2) is 18.2 Å². The van der Waals surface area contributed by atoms with Crippen LogP contribution in [0.25, 0.3) is 0 Å². The molecule has 1 aromatic carbocycles. The number of esters is 1. The van der Waals surface area contributed by atoms with Gasteiger partial charge in [0.15, 0.2) is 0 Å². The van der Waals surface area contributed by atoms with E-state index < -0.39 is 0 Å². The summed E-state index contributed by atoms with van der Waals surface area (Å²) in [7, 11) is 1.61. The van der Waals surface area contributed by atoms with E-state index in [0.29, 0.717) is 18.0 Å². The summed E-state index contributed by atoms with van der Waals surface area (Å²) in [5.41, 5.74) is 7.54. The zero-order valence-electron chi connectivity index (χ0n) is 12.1. The van der Waals surface area contributed by atoms with E-state index in [1.165, 1.54) is 0 Å². The number of hydrogen-bond donors (Lipinski definition) is 1. The van der Waals surface area contributed by atoms with Gasteiger partial charge in [-0.1, -0.05) is 0 Å². The van der Waals surface area contributed by atoms with Crippen molar-refractivity contribution in [2.75, 3.05) is 37.4 Å². The Hall–Kier alpha value is -1.91. The van der Waals surface area contributed by atoms with E-state index in [1.807, 2.05) is 25.1 Å². The highest BCUT2D eigenvalue weighted by molar-refractivity contribution is 5.73. The average molecular weight is 278 g/mol.